The lowest BCUT2D eigenvalue weighted by Gasteiger charge is -2.21. The highest BCUT2D eigenvalue weighted by atomic mass is 16.2. The van der Waals surface area contributed by atoms with Gasteiger partial charge in [0.15, 0.2) is 0 Å². The summed E-state index contributed by atoms with van der Waals surface area (Å²) in [6.45, 7) is 0. The summed E-state index contributed by atoms with van der Waals surface area (Å²) in [7, 11) is 0. The molecule has 1 unspecified atom stereocenters. The fourth-order valence-electron chi connectivity index (χ4n) is 1.63. The van der Waals surface area contributed by atoms with Crippen molar-refractivity contribution in [3.63, 3.8) is 0 Å². The fraction of sp³-hybridized carbons (Fsp3) is 0.273. The largest absolute Gasteiger partial charge is 0.399 e. The van der Waals surface area contributed by atoms with Gasteiger partial charge >= 0.3 is 0 Å². The zero-order valence-electron chi connectivity index (χ0n) is 9.47. The number of pyridine rings is 1. The first-order chi connectivity index (χ1) is 8.56. The minimum atomic E-state index is -0.710. The van der Waals surface area contributed by atoms with Gasteiger partial charge in [-0.3, -0.25) is 24.7 Å². The van der Waals surface area contributed by atoms with Crippen LogP contribution in [0.3, 0.4) is 0 Å². The molecular weight excluding hydrogens is 236 g/mol. The Morgan fingerprint density at radius 1 is 1.50 bits per heavy atom. The van der Waals surface area contributed by atoms with E-state index in [1.54, 1.807) is 6.07 Å². The Morgan fingerprint density at radius 2 is 2.28 bits per heavy atom. The highest BCUT2D eigenvalue weighted by molar-refractivity contribution is 6.03. The number of carbonyl (C=O) groups is 3. The van der Waals surface area contributed by atoms with Crippen molar-refractivity contribution in [2.45, 2.75) is 18.9 Å². The minimum Gasteiger partial charge on any atom is -0.399 e. The van der Waals surface area contributed by atoms with Crippen LogP contribution < -0.4 is 16.4 Å². The molecular formula is C11H12N4O3. The van der Waals surface area contributed by atoms with E-state index in [4.69, 9.17) is 5.73 Å². The molecule has 18 heavy (non-hydrogen) atoms. The molecule has 4 N–H and O–H groups in total. The normalized spacial score (nSPS) is 19.2. The van der Waals surface area contributed by atoms with Crippen molar-refractivity contribution < 1.29 is 14.4 Å². The van der Waals surface area contributed by atoms with Crippen molar-refractivity contribution in [1.82, 2.24) is 15.6 Å². The number of amides is 3. The molecule has 7 nitrogen and oxygen atoms in total. The van der Waals surface area contributed by atoms with Crippen LogP contribution in [-0.4, -0.2) is 28.7 Å². The Kier molecular flexibility index (Phi) is 3.22. The number of carbonyl (C=O) groups excluding carboxylic acids is 3. The number of anilines is 1. The predicted octanol–water partition coefficient (Wildman–Crippen LogP) is -0.801. The molecule has 1 saturated heterocycles. The van der Waals surface area contributed by atoms with Gasteiger partial charge in [0.1, 0.15) is 11.7 Å². The van der Waals surface area contributed by atoms with E-state index in [9.17, 15) is 14.4 Å². The Balaban J connectivity index is 2.03. The second-order valence-electron chi connectivity index (χ2n) is 3.95. The SMILES string of the molecule is Nc1ccnc(C(=O)NC2CCC(=O)NC2=O)c1. The van der Waals surface area contributed by atoms with Crippen LogP contribution in [0.1, 0.15) is 23.3 Å². The summed E-state index contributed by atoms with van der Waals surface area (Å²) in [5.41, 5.74) is 6.08. The van der Waals surface area contributed by atoms with E-state index < -0.39 is 17.9 Å². The van der Waals surface area contributed by atoms with Gasteiger partial charge in [-0.25, -0.2) is 0 Å². The van der Waals surface area contributed by atoms with Crippen molar-refractivity contribution in [3.05, 3.63) is 24.0 Å². The Morgan fingerprint density at radius 3 is 2.94 bits per heavy atom. The third-order valence-electron chi connectivity index (χ3n) is 2.56. The maximum atomic E-state index is 11.8. The summed E-state index contributed by atoms with van der Waals surface area (Å²) in [5, 5.41) is 4.67. The second-order valence-corrected chi connectivity index (χ2v) is 3.95. The number of imide groups is 1. The van der Waals surface area contributed by atoms with Gasteiger partial charge in [-0.1, -0.05) is 0 Å². The van der Waals surface area contributed by atoms with Crippen LogP contribution >= 0.6 is 0 Å². The molecule has 1 aliphatic rings. The first-order valence-electron chi connectivity index (χ1n) is 5.42. The van der Waals surface area contributed by atoms with Gasteiger partial charge in [-0.05, 0) is 18.6 Å². The highest BCUT2D eigenvalue weighted by Crippen LogP contribution is 2.07. The molecule has 2 heterocycles. The molecule has 0 aromatic carbocycles. The number of nitrogens with two attached hydrogens (primary N) is 1. The van der Waals surface area contributed by atoms with Crippen LogP contribution in [0.15, 0.2) is 18.3 Å². The summed E-state index contributed by atoms with van der Waals surface area (Å²) < 4.78 is 0. The first-order valence-corrected chi connectivity index (χ1v) is 5.42. The van der Waals surface area contributed by atoms with Crippen molar-refractivity contribution in [2.75, 3.05) is 5.73 Å². The molecule has 0 radical (unpaired) electrons. The summed E-state index contributed by atoms with van der Waals surface area (Å²) >= 11 is 0. The Hall–Kier alpha value is -2.44. The van der Waals surface area contributed by atoms with Crippen molar-refractivity contribution >= 4 is 23.4 Å². The summed E-state index contributed by atoms with van der Waals surface area (Å²) in [5.74, 6) is -1.31. The van der Waals surface area contributed by atoms with Crippen LogP contribution in [0.25, 0.3) is 0 Å². The van der Waals surface area contributed by atoms with E-state index in [-0.39, 0.29) is 18.0 Å². The van der Waals surface area contributed by atoms with Crippen LogP contribution in [0, 0.1) is 0 Å². The van der Waals surface area contributed by atoms with Gasteiger partial charge in [0.05, 0.1) is 0 Å². The molecule has 1 aliphatic heterocycles. The third-order valence-corrected chi connectivity index (χ3v) is 2.56. The minimum absolute atomic E-state index is 0.139. The van der Waals surface area contributed by atoms with E-state index in [2.05, 4.69) is 15.6 Å². The summed E-state index contributed by atoms with van der Waals surface area (Å²) in [4.78, 5) is 38.0. The maximum Gasteiger partial charge on any atom is 0.270 e. The predicted molar refractivity (Wildman–Crippen MR) is 62.3 cm³/mol. The second kappa shape index (κ2) is 4.82. The number of rotatable bonds is 2. The van der Waals surface area contributed by atoms with E-state index >= 15 is 0 Å². The van der Waals surface area contributed by atoms with Gasteiger partial charge in [0.25, 0.3) is 5.91 Å². The monoisotopic (exact) mass is 248 g/mol. The van der Waals surface area contributed by atoms with Gasteiger partial charge < -0.3 is 11.1 Å². The molecule has 2 rings (SSSR count). The lowest BCUT2D eigenvalue weighted by molar-refractivity contribution is -0.134. The smallest absolute Gasteiger partial charge is 0.270 e. The maximum absolute atomic E-state index is 11.8. The van der Waals surface area contributed by atoms with Crippen LogP contribution in [-0.2, 0) is 9.59 Å². The summed E-state index contributed by atoms with van der Waals surface area (Å²) in [6, 6.07) is 2.27. The number of nitrogens with zero attached hydrogens (tertiary/aromatic N) is 1. The molecule has 0 bridgehead atoms. The highest BCUT2D eigenvalue weighted by Gasteiger charge is 2.28. The van der Waals surface area contributed by atoms with E-state index in [0.29, 0.717) is 12.1 Å². The molecule has 0 aliphatic carbocycles. The number of piperidine rings is 1. The zero-order chi connectivity index (χ0) is 13.1. The van der Waals surface area contributed by atoms with Gasteiger partial charge in [-0.15, -0.1) is 0 Å². The average Bonchev–Trinajstić information content (AvgIpc) is 2.32. The van der Waals surface area contributed by atoms with Gasteiger partial charge in [0.2, 0.25) is 11.8 Å². The molecule has 1 aromatic heterocycles. The third kappa shape index (κ3) is 2.62. The zero-order valence-corrected chi connectivity index (χ0v) is 9.47. The van der Waals surface area contributed by atoms with Crippen LogP contribution in [0.4, 0.5) is 5.69 Å². The molecule has 0 spiro atoms. The number of hydrogen-bond acceptors (Lipinski definition) is 5. The Bertz CT molecular complexity index is 515. The van der Waals surface area contributed by atoms with E-state index in [1.807, 2.05) is 0 Å². The van der Waals surface area contributed by atoms with E-state index in [0.717, 1.165) is 0 Å². The first kappa shape index (κ1) is 12.0. The average molecular weight is 248 g/mol. The number of nitrogen functional groups attached to an aromatic ring is 1. The fourth-order valence-corrected chi connectivity index (χ4v) is 1.63. The van der Waals surface area contributed by atoms with Crippen molar-refractivity contribution in [1.29, 1.82) is 0 Å². The van der Waals surface area contributed by atoms with Gasteiger partial charge in [-0.2, -0.15) is 0 Å². The molecule has 1 fully saturated rings. The standard InChI is InChI=1S/C11H12N4O3/c12-6-3-4-13-8(5-6)11(18)14-7-1-2-9(16)15-10(7)17/h3-5,7H,1-2H2,(H2,12,13)(H,14,18)(H,15,16,17). The lowest BCUT2D eigenvalue weighted by atomic mass is 10.1. The summed E-state index contributed by atoms with van der Waals surface area (Å²) in [6.07, 6.45) is 1.91. The Labute approximate surface area is 103 Å². The number of aromatic nitrogens is 1. The van der Waals surface area contributed by atoms with Crippen molar-refractivity contribution in [3.8, 4) is 0 Å². The van der Waals surface area contributed by atoms with Crippen molar-refractivity contribution in [2.24, 2.45) is 0 Å². The van der Waals surface area contributed by atoms with Crippen LogP contribution in [0.2, 0.25) is 0 Å². The number of hydrogen-bond donors (Lipinski definition) is 3. The number of nitrogens with one attached hydrogen (secondary N) is 2. The molecule has 3 amide bonds. The van der Waals surface area contributed by atoms with Gasteiger partial charge in [0, 0.05) is 18.3 Å². The molecule has 7 heteroatoms. The molecule has 94 valence electrons. The lowest BCUT2D eigenvalue weighted by Crippen LogP contribution is -2.52. The topological polar surface area (TPSA) is 114 Å². The molecule has 0 saturated carbocycles. The van der Waals surface area contributed by atoms with E-state index in [1.165, 1.54) is 12.3 Å². The quantitative estimate of drug-likeness (QED) is 0.593. The van der Waals surface area contributed by atoms with Crippen LogP contribution in [0.5, 0.6) is 0 Å². The molecule has 1 aromatic rings. The molecule has 1 atom stereocenters.